The second-order valence-electron chi connectivity index (χ2n) is 4.87. The molecule has 0 atom stereocenters. The summed E-state index contributed by atoms with van der Waals surface area (Å²) in [6.07, 6.45) is 2.02. The quantitative estimate of drug-likeness (QED) is 0.742. The average molecular weight is 268 g/mol. The van der Waals surface area contributed by atoms with Crippen LogP contribution < -0.4 is 10.5 Å². The van der Waals surface area contributed by atoms with Crippen LogP contribution in [-0.2, 0) is 0 Å². The SMILES string of the molecule is CC(C)Oc1ccc(-c2nnc3ccccn23)cc1N. The third-order valence-electron chi connectivity index (χ3n) is 2.94. The summed E-state index contributed by atoms with van der Waals surface area (Å²) in [5, 5.41) is 8.35. The Kier molecular flexibility index (Phi) is 3.02. The van der Waals surface area contributed by atoms with Gasteiger partial charge in [0.1, 0.15) is 5.75 Å². The Balaban J connectivity index is 2.04. The molecule has 0 saturated carbocycles. The summed E-state index contributed by atoms with van der Waals surface area (Å²) in [5.41, 5.74) is 8.36. The van der Waals surface area contributed by atoms with Crippen molar-refractivity contribution in [2.45, 2.75) is 20.0 Å². The summed E-state index contributed by atoms with van der Waals surface area (Å²) >= 11 is 0. The second-order valence-corrected chi connectivity index (χ2v) is 4.87. The monoisotopic (exact) mass is 268 g/mol. The fourth-order valence-electron chi connectivity index (χ4n) is 2.09. The fourth-order valence-corrected chi connectivity index (χ4v) is 2.09. The van der Waals surface area contributed by atoms with E-state index in [-0.39, 0.29) is 6.10 Å². The molecule has 0 unspecified atom stereocenters. The predicted octanol–water partition coefficient (Wildman–Crippen LogP) is 2.77. The van der Waals surface area contributed by atoms with Crippen LogP contribution in [0.3, 0.4) is 0 Å². The van der Waals surface area contributed by atoms with Crippen molar-refractivity contribution in [3.63, 3.8) is 0 Å². The summed E-state index contributed by atoms with van der Waals surface area (Å²) in [4.78, 5) is 0. The molecule has 0 saturated heterocycles. The maximum absolute atomic E-state index is 6.04. The van der Waals surface area contributed by atoms with Crippen molar-refractivity contribution in [1.82, 2.24) is 14.6 Å². The maximum atomic E-state index is 6.04. The Morgan fingerprint density at radius 1 is 1.15 bits per heavy atom. The molecule has 5 nitrogen and oxygen atoms in total. The molecule has 20 heavy (non-hydrogen) atoms. The van der Waals surface area contributed by atoms with Crippen molar-refractivity contribution in [3.8, 4) is 17.1 Å². The Morgan fingerprint density at radius 2 is 2.00 bits per heavy atom. The first-order valence-corrected chi connectivity index (χ1v) is 6.51. The first kappa shape index (κ1) is 12.5. The van der Waals surface area contributed by atoms with E-state index >= 15 is 0 Å². The van der Waals surface area contributed by atoms with Crippen LogP contribution in [-0.4, -0.2) is 20.7 Å². The smallest absolute Gasteiger partial charge is 0.168 e. The zero-order chi connectivity index (χ0) is 14.1. The lowest BCUT2D eigenvalue weighted by Crippen LogP contribution is -2.07. The molecule has 3 rings (SSSR count). The Hall–Kier alpha value is -2.56. The number of ether oxygens (including phenoxy) is 1. The molecule has 0 fully saturated rings. The topological polar surface area (TPSA) is 65.4 Å². The van der Waals surface area contributed by atoms with Gasteiger partial charge in [-0.25, -0.2) is 0 Å². The summed E-state index contributed by atoms with van der Waals surface area (Å²) in [5.74, 6) is 1.46. The van der Waals surface area contributed by atoms with Crippen LogP contribution in [0.1, 0.15) is 13.8 Å². The van der Waals surface area contributed by atoms with E-state index in [1.807, 2.05) is 60.8 Å². The van der Waals surface area contributed by atoms with Crippen LogP contribution in [0, 0.1) is 0 Å². The van der Waals surface area contributed by atoms with E-state index in [1.54, 1.807) is 0 Å². The molecule has 0 spiro atoms. The number of hydrogen-bond acceptors (Lipinski definition) is 4. The predicted molar refractivity (Wildman–Crippen MR) is 78.6 cm³/mol. The number of pyridine rings is 1. The van der Waals surface area contributed by atoms with Crippen LogP contribution in [0.15, 0.2) is 42.6 Å². The standard InChI is InChI=1S/C15H16N4O/c1-10(2)20-13-7-6-11(9-12(13)16)15-18-17-14-5-3-4-8-19(14)15/h3-10H,16H2,1-2H3. The number of anilines is 1. The molecule has 102 valence electrons. The van der Waals surface area contributed by atoms with E-state index in [0.29, 0.717) is 11.4 Å². The van der Waals surface area contributed by atoms with Crippen molar-refractivity contribution in [1.29, 1.82) is 0 Å². The van der Waals surface area contributed by atoms with Gasteiger partial charge in [0.15, 0.2) is 11.5 Å². The van der Waals surface area contributed by atoms with Gasteiger partial charge >= 0.3 is 0 Å². The zero-order valence-corrected chi connectivity index (χ0v) is 11.4. The molecule has 0 radical (unpaired) electrons. The molecular weight excluding hydrogens is 252 g/mol. The summed E-state index contributed by atoms with van der Waals surface area (Å²) in [6.45, 7) is 3.94. The van der Waals surface area contributed by atoms with Crippen LogP contribution in [0.5, 0.6) is 5.75 Å². The number of benzene rings is 1. The molecule has 1 aromatic carbocycles. The molecular formula is C15H16N4O. The molecule has 0 aliphatic carbocycles. The van der Waals surface area contributed by atoms with E-state index in [0.717, 1.165) is 17.0 Å². The van der Waals surface area contributed by atoms with Crippen molar-refractivity contribution < 1.29 is 4.74 Å². The lowest BCUT2D eigenvalue weighted by atomic mass is 10.1. The van der Waals surface area contributed by atoms with E-state index < -0.39 is 0 Å². The van der Waals surface area contributed by atoms with E-state index in [1.165, 1.54) is 0 Å². The molecule has 2 N–H and O–H groups in total. The molecule has 5 heteroatoms. The van der Waals surface area contributed by atoms with Crippen LogP contribution in [0.25, 0.3) is 17.0 Å². The minimum atomic E-state index is 0.0945. The molecule has 0 amide bonds. The van der Waals surface area contributed by atoms with Gasteiger partial charge in [0.2, 0.25) is 0 Å². The number of hydrogen-bond donors (Lipinski definition) is 1. The number of aromatic nitrogens is 3. The third kappa shape index (κ3) is 2.18. The third-order valence-corrected chi connectivity index (χ3v) is 2.94. The average Bonchev–Trinajstić information content (AvgIpc) is 2.84. The molecule has 2 heterocycles. The highest BCUT2D eigenvalue weighted by molar-refractivity contribution is 5.68. The van der Waals surface area contributed by atoms with Gasteiger partial charge in [-0.1, -0.05) is 6.07 Å². The molecule has 0 bridgehead atoms. The normalized spacial score (nSPS) is 11.2. The van der Waals surface area contributed by atoms with Gasteiger partial charge < -0.3 is 10.5 Å². The Bertz CT molecular complexity index is 748. The highest BCUT2D eigenvalue weighted by Crippen LogP contribution is 2.28. The molecule has 3 aromatic rings. The minimum absolute atomic E-state index is 0.0945. The van der Waals surface area contributed by atoms with Crippen LogP contribution >= 0.6 is 0 Å². The van der Waals surface area contributed by atoms with Gasteiger partial charge in [-0.2, -0.15) is 0 Å². The number of nitrogens with zero attached hydrogens (tertiary/aromatic N) is 3. The largest absolute Gasteiger partial charge is 0.489 e. The van der Waals surface area contributed by atoms with Crippen molar-refractivity contribution in [2.75, 3.05) is 5.73 Å². The van der Waals surface area contributed by atoms with Crippen LogP contribution in [0.4, 0.5) is 5.69 Å². The second kappa shape index (κ2) is 4.85. The fraction of sp³-hybridized carbons (Fsp3) is 0.200. The Morgan fingerprint density at radius 3 is 2.75 bits per heavy atom. The summed E-state index contributed by atoms with van der Waals surface area (Å²) in [7, 11) is 0. The maximum Gasteiger partial charge on any atom is 0.168 e. The number of nitrogens with two attached hydrogens (primary N) is 1. The first-order chi connectivity index (χ1) is 9.65. The van der Waals surface area contributed by atoms with E-state index in [2.05, 4.69) is 10.2 Å². The lowest BCUT2D eigenvalue weighted by Gasteiger charge is -2.12. The van der Waals surface area contributed by atoms with Crippen LogP contribution in [0.2, 0.25) is 0 Å². The molecule has 0 aliphatic rings. The number of rotatable bonds is 3. The summed E-state index contributed by atoms with van der Waals surface area (Å²) in [6, 6.07) is 11.5. The number of nitrogen functional groups attached to an aromatic ring is 1. The van der Waals surface area contributed by atoms with E-state index in [9.17, 15) is 0 Å². The first-order valence-electron chi connectivity index (χ1n) is 6.51. The van der Waals surface area contributed by atoms with Gasteiger partial charge in [-0.15, -0.1) is 10.2 Å². The number of fused-ring (bicyclic) bond motifs is 1. The van der Waals surface area contributed by atoms with Crippen molar-refractivity contribution in [3.05, 3.63) is 42.6 Å². The Labute approximate surface area is 117 Å². The minimum Gasteiger partial charge on any atom is -0.489 e. The van der Waals surface area contributed by atoms with Gasteiger partial charge in [0, 0.05) is 11.8 Å². The highest BCUT2D eigenvalue weighted by atomic mass is 16.5. The highest BCUT2D eigenvalue weighted by Gasteiger charge is 2.10. The summed E-state index contributed by atoms with van der Waals surface area (Å²) < 4.78 is 7.57. The molecule has 2 aromatic heterocycles. The van der Waals surface area contributed by atoms with Crippen molar-refractivity contribution >= 4 is 11.3 Å². The van der Waals surface area contributed by atoms with Gasteiger partial charge in [-0.05, 0) is 44.2 Å². The van der Waals surface area contributed by atoms with Gasteiger partial charge in [0.05, 0.1) is 11.8 Å². The zero-order valence-electron chi connectivity index (χ0n) is 11.4. The van der Waals surface area contributed by atoms with Gasteiger partial charge in [0.25, 0.3) is 0 Å². The van der Waals surface area contributed by atoms with Crippen molar-refractivity contribution in [2.24, 2.45) is 0 Å². The molecule has 0 aliphatic heterocycles. The van der Waals surface area contributed by atoms with E-state index in [4.69, 9.17) is 10.5 Å². The van der Waals surface area contributed by atoms with Gasteiger partial charge in [-0.3, -0.25) is 4.40 Å². The lowest BCUT2D eigenvalue weighted by molar-refractivity contribution is 0.244.